The lowest BCUT2D eigenvalue weighted by atomic mass is 10.0. The molecule has 1 heterocycles. The highest BCUT2D eigenvalue weighted by Gasteiger charge is 2.28. The largest absolute Gasteiger partial charge is 0.390 e. The van der Waals surface area contributed by atoms with Crippen LogP contribution in [-0.4, -0.2) is 29.3 Å². The molecule has 1 aliphatic heterocycles. The summed E-state index contributed by atoms with van der Waals surface area (Å²) in [6.07, 6.45) is -0.112. The second kappa shape index (κ2) is 10.0. The Balaban J connectivity index is 1.45. The molecular weight excluding hydrogens is 412 g/mol. The maximum absolute atomic E-state index is 14.3. The van der Waals surface area contributed by atoms with Crippen LogP contribution in [0.25, 0.3) is 0 Å². The van der Waals surface area contributed by atoms with E-state index in [1.165, 1.54) is 17.0 Å². The van der Waals surface area contributed by atoms with Crippen molar-refractivity contribution < 1.29 is 18.4 Å². The Kier molecular flexibility index (Phi) is 6.75. The quantitative estimate of drug-likeness (QED) is 0.576. The zero-order chi connectivity index (χ0) is 22.3. The van der Waals surface area contributed by atoms with E-state index in [4.69, 9.17) is 4.84 Å². The van der Waals surface area contributed by atoms with Crippen LogP contribution in [0, 0.1) is 11.6 Å². The van der Waals surface area contributed by atoms with E-state index in [9.17, 15) is 13.6 Å². The molecule has 164 valence electrons. The predicted molar refractivity (Wildman–Crippen MR) is 118 cm³/mol. The van der Waals surface area contributed by atoms with Gasteiger partial charge in [-0.2, -0.15) is 0 Å². The monoisotopic (exact) mass is 435 g/mol. The molecule has 3 aromatic carbocycles. The summed E-state index contributed by atoms with van der Waals surface area (Å²) in [5, 5.41) is 6.90. The summed E-state index contributed by atoms with van der Waals surface area (Å²) < 4.78 is 28.4. The summed E-state index contributed by atoms with van der Waals surface area (Å²) in [5.41, 5.74) is 2.22. The van der Waals surface area contributed by atoms with E-state index in [1.807, 2.05) is 30.3 Å². The van der Waals surface area contributed by atoms with Crippen molar-refractivity contribution in [3.63, 3.8) is 0 Å². The van der Waals surface area contributed by atoms with Crippen molar-refractivity contribution in [1.29, 1.82) is 0 Å². The standard InChI is InChI=1S/C25H23F2N3O2/c26-22-12-6-4-10-19(22)16-30(25(31)28-15-18-8-2-1-3-9-18)17-20-14-24(29-32-20)21-11-5-7-13-23(21)27/h1-13,20H,14-17H2,(H,28,31). The molecule has 0 aliphatic carbocycles. The van der Waals surface area contributed by atoms with Crippen LogP contribution in [0.3, 0.4) is 0 Å². The molecule has 32 heavy (non-hydrogen) atoms. The summed E-state index contributed by atoms with van der Waals surface area (Å²) in [5.74, 6) is -0.761. The maximum atomic E-state index is 14.3. The van der Waals surface area contributed by atoms with Crippen molar-refractivity contribution in [2.75, 3.05) is 6.54 Å². The first-order valence-corrected chi connectivity index (χ1v) is 10.4. The van der Waals surface area contributed by atoms with Crippen LogP contribution in [-0.2, 0) is 17.9 Å². The highest BCUT2D eigenvalue weighted by Crippen LogP contribution is 2.21. The lowest BCUT2D eigenvalue weighted by molar-refractivity contribution is 0.0587. The lowest BCUT2D eigenvalue weighted by Gasteiger charge is -2.25. The number of hydrogen-bond acceptors (Lipinski definition) is 3. The summed E-state index contributed by atoms with van der Waals surface area (Å²) in [7, 11) is 0. The number of halogens is 2. The second-order valence-corrected chi connectivity index (χ2v) is 7.57. The van der Waals surface area contributed by atoms with Crippen molar-refractivity contribution in [1.82, 2.24) is 10.2 Å². The third-order valence-electron chi connectivity index (χ3n) is 5.23. The van der Waals surface area contributed by atoms with E-state index >= 15 is 0 Å². The summed E-state index contributed by atoms with van der Waals surface area (Å²) >= 11 is 0. The van der Waals surface area contributed by atoms with Crippen molar-refractivity contribution in [2.24, 2.45) is 5.16 Å². The molecule has 0 saturated heterocycles. The molecule has 7 heteroatoms. The SMILES string of the molecule is O=C(NCc1ccccc1)N(Cc1ccccc1F)CC1CC(c2ccccc2F)=NO1. The van der Waals surface area contributed by atoms with Crippen LogP contribution in [0.15, 0.2) is 84.0 Å². The van der Waals surface area contributed by atoms with Gasteiger partial charge in [-0.1, -0.05) is 71.9 Å². The number of benzene rings is 3. The fourth-order valence-electron chi connectivity index (χ4n) is 3.56. The normalized spacial score (nSPS) is 15.1. The van der Waals surface area contributed by atoms with Crippen LogP contribution in [0.2, 0.25) is 0 Å². The molecule has 1 unspecified atom stereocenters. The van der Waals surface area contributed by atoms with E-state index in [1.54, 1.807) is 36.4 Å². The van der Waals surface area contributed by atoms with Crippen LogP contribution in [0.5, 0.6) is 0 Å². The van der Waals surface area contributed by atoms with Crippen LogP contribution in [0.4, 0.5) is 13.6 Å². The van der Waals surface area contributed by atoms with Crippen molar-refractivity contribution in [3.05, 3.63) is 107 Å². The van der Waals surface area contributed by atoms with Crippen molar-refractivity contribution in [3.8, 4) is 0 Å². The average molecular weight is 435 g/mol. The van der Waals surface area contributed by atoms with Gasteiger partial charge >= 0.3 is 6.03 Å². The number of urea groups is 1. The first-order valence-electron chi connectivity index (χ1n) is 10.4. The molecule has 1 aliphatic rings. The molecule has 3 aromatic rings. The fourth-order valence-corrected chi connectivity index (χ4v) is 3.56. The molecule has 2 amide bonds. The van der Waals surface area contributed by atoms with Crippen LogP contribution in [0.1, 0.15) is 23.1 Å². The van der Waals surface area contributed by atoms with Gasteiger partial charge in [-0.3, -0.25) is 0 Å². The predicted octanol–water partition coefficient (Wildman–Crippen LogP) is 4.87. The van der Waals surface area contributed by atoms with E-state index in [2.05, 4.69) is 10.5 Å². The molecule has 0 spiro atoms. The zero-order valence-electron chi connectivity index (χ0n) is 17.4. The number of nitrogens with one attached hydrogen (secondary N) is 1. The number of nitrogens with zero attached hydrogens (tertiary/aromatic N) is 2. The maximum Gasteiger partial charge on any atom is 0.318 e. The van der Waals surface area contributed by atoms with E-state index in [0.717, 1.165) is 5.56 Å². The van der Waals surface area contributed by atoms with Gasteiger partial charge in [-0.15, -0.1) is 0 Å². The highest BCUT2D eigenvalue weighted by atomic mass is 19.1. The Morgan fingerprint density at radius 3 is 2.41 bits per heavy atom. The second-order valence-electron chi connectivity index (χ2n) is 7.57. The molecule has 1 N–H and O–H groups in total. The van der Waals surface area contributed by atoms with Gasteiger partial charge in [0.1, 0.15) is 11.6 Å². The van der Waals surface area contributed by atoms with Gasteiger partial charge in [0, 0.05) is 24.1 Å². The van der Waals surface area contributed by atoms with Gasteiger partial charge in [0.05, 0.1) is 18.8 Å². The van der Waals surface area contributed by atoms with Gasteiger partial charge in [0.2, 0.25) is 0 Å². The van der Waals surface area contributed by atoms with E-state index < -0.39 is 6.10 Å². The zero-order valence-corrected chi connectivity index (χ0v) is 17.4. The van der Waals surface area contributed by atoms with Crippen LogP contribution >= 0.6 is 0 Å². The minimum absolute atomic E-state index is 0.0716. The summed E-state index contributed by atoms with van der Waals surface area (Å²) in [4.78, 5) is 19.9. The lowest BCUT2D eigenvalue weighted by Crippen LogP contribution is -2.43. The van der Waals surface area contributed by atoms with E-state index in [-0.39, 0.29) is 30.8 Å². The van der Waals surface area contributed by atoms with Crippen LogP contribution < -0.4 is 5.32 Å². The molecule has 0 bridgehead atoms. The Labute approximate surface area is 185 Å². The number of oxime groups is 1. The molecular formula is C25H23F2N3O2. The molecule has 0 aromatic heterocycles. The third-order valence-corrected chi connectivity index (χ3v) is 5.23. The van der Waals surface area contributed by atoms with Gasteiger partial charge in [-0.05, 0) is 17.7 Å². The first kappa shape index (κ1) is 21.5. The Bertz CT molecular complexity index is 1110. The molecule has 0 radical (unpaired) electrons. The minimum Gasteiger partial charge on any atom is -0.390 e. The van der Waals surface area contributed by atoms with Gasteiger partial charge in [0.25, 0.3) is 0 Å². The topological polar surface area (TPSA) is 53.9 Å². The number of carbonyl (C=O) groups is 1. The number of amides is 2. The first-order chi connectivity index (χ1) is 15.6. The van der Waals surface area contributed by atoms with Crippen molar-refractivity contribution in [2.45, 2.75) is 25.6 Å². The Morgan fingerprint density at radius 1 is 0.969 bits per heavy atom. The minimum atomic E-state index is -0.459. The molecule has 1 atom stereocenters. The third kappa shape index (κ3) is 5.29. The summed E-state index contributed by atoms with van der Waals surface area (Å²) in [6.45, 7) is 0.592. The fraction of sp³-hybridized carbons (Fsp3) is 0.200. The van der Waals surface area contributed by atoms with Crippen molar-refractivity contribution >= 4 is 11.7 Å². The summed E-state index contributed by atoms with van der Waals surface area (Å²) in [6, 6.07) is 21.9. The van der Waals surface area contributed by atoms with Gasteiger partial charge in [0.15, 0.2) is 6.10 Å². The number of hydrogen-bond donors (Lipinski definition) is 1. The number of carbonyl (C=O) groups excluding carboxylic acids is 1. The molecule has 0 fully saturated rings. The van der Waals surface area contributed by atoms with E-state index in [0.29, 0.717) is 29.8 Å². The smallest absolute Gasteiger partial charge is 0.318 e. The average Bonchev–Trinajstić information content (AvgIpc) is 3.27. The Hall–Kier alpha value is -3.74. The van der Waals surface area contributed by atoms with Gasteiger partial charge < -0.3 is 15.1 Å². The number of rotatable bonds is 7. The highest BCUT2D eigenvalue weighted by molar-refractivity contribution is 6.01. The molecule has 5 nitrogen and oxygen atoms in total. The molecule has 0 saturated carbocycles. The Morgan fingerprint density at radius 2 is 1.66 bits per heavy atom. The molecule has 4 rings (SSSR count). The van der Waals surface area contributed by atoms with Gasteiger partial charge in [-0.25, -0.2) is 13.6 Å².